The van der Waals surface area contributed by atoms with Gasteiger partial charge in [0.2, 0.25) is 0 Å². The fourth-order valence-corrected chi connectivity index (χ4v) is 0.400. The van der Waals surface area contributed by atoms with Gasteiger partial charge in [-0.3, -0.25) is 0 Å². The van der Waals surface area contributed by atoms with E-state index >= 15 is 0 Å². The Morgan fingerprint density at radius 1 is 1.00 bits per heavy atom. The average molecular weight is 125 g/mol. The summed E-state index contributed by atoms with van der Waals surface area (Å²) in [5.41, 5.74) is 0. The first kappa shape index (κ1) is 6.00. The maximum atomic E-state index is 3.64. The van der Waals surface area contributed by atoms with Crippen LogP contribution < -0.4 is 0 Å². The minimum atomic E-state index is 0.271. The molecule has 0 saturated heterocycles. The Kier molecular flexibility index (Phi) is 1.62. The fraction of sp³-hybridized carbons (Fsp3) is 0.750. The second-order valence-electron chi connectivity index (χ2n) is 1.98. The van der Waals surface area contributed by atoms with E-state index in [1.807, 2.05) is 13.8 Å². The molecule has 0 bridgehead atoms. The van der Waals surface area contributed by atoms with Crippen LogP contribution in [-0.2, 0) is 0 Å². The van der Waals surface area contributed by atoms with Crippen LogP contribution in [0.5, 0.6) is 0 Å². The summed E-state index contributed by atoms with van der Waals surface area (Å²) in [4.78, 5) is 0. The molecule has 1 rings (SSSR count). The van der Waals surface area contributed by atoms with Gasteiger partial charge in [0, 0.05) is 5.92 Å². The molecule has 5 nitrogen and oxygen atoms in total. The summed E-state index contributed by atoms with van der Waals surface area (Å²) >= 11 is 0. The van der Waals surface area contributed by atoms with Crippen molar-refractivity contribution in [2.45, 2.75) is 19.8 Å². The van der Waals surface area contributed by atoms with Gasteiger partial charge in [0.25, 0.3) is 0 Å². The number of rotatable bonds is 1. The van der Waals surface area contributed by atoms with Crippen molar-refractivity contribution in [1.82, 2.24) is 25.8 Å². The summed E-state index contributed by atoms with van der Waals surface area (Å²) in [5.74, 6) is 0.901. The second-order valence-corrected chi connectivity index (χ2v) is 1.98. The fourth-order valence-electron chi connectivity index (χ4n) is 0.400. The zero-order valence-electron chi connectivity index (χ0n) is 5.31. The van der Waals surface area contributed by atoms with E-state index in [-0.39, 0.29) is 5.92 Å². The molecule has 0 aromatic carbocycles. The third-order valence-electron chi connectivity index (χ3n) is 0.891. The highest BCUT2D eigenvalue weighted by molar-refractivity contribution is 4.82. The highest BCUT2D eigenvalue weighted by Gasteiger charge is 2.00. The molecule has 0 radical (unpaired) electrons. The van der Waals surface area contributed by atoms with Crippen molar-refractivity contribution >= 4 is 0 Å². The highest BCUT2D eigenvalue weighted by atomic mass is 15.5. The van der Waals surface area contributed by atoms with E-state index in [4.69, 9.17) is 0 Å². The van der Waals surface area contributed by atoms with Crippen molar-refractivity contribution in [1.29, 1.82) is 0 Å². The van der Waals surface area contributed by atoms with Crippen LogP contribution in [0, 0.1) is 0 Å². The maximum absolute atomic E-state index is 3.64. The molecule has 0 aliphatic heterocycles. The van der Waals surface area contributed by atoms with Gasteiger partial charge in [-0.15, -0.1) is 10.2 Å². The largest absolute Gasteiger partial charge is 0.179 e. The van der Waals surface area contributed by atoms with Gasteiger partial charge in [-0.2, -0.15) is 0 Å². The van der Waals surface area contributed by atoms with Crippen molar-refractivity contribution in [3.05, 3.63) is 5.82 Å². The van der Waals surface area contributed by atoms with Gasteiger partial charge in [-0.05, 0) is 15.6 Å². The number of nitrogens with zero attached hydrogens (tertiary/aromatic N) is 5. The number of hydrogen-bond acceptors (Lipinski definition) is 5. The second kappa shape index (κ2) is 2.43. The van der Waals surface area contributed by atoms with Crippen molar-refractivity contribution in [3.63, 3.8) is 0 Å². The van der Waals surface area contributed by atoms with Crippen molar-refractivity contribution in [2.75, 3.05) is 0 Å². The molecule has 0 aliphatic carbocycles. The Labute approximate surface area is 52.5 Å². The van der Waals surface area contributed by atoms with E-state index < -0.39 is 0 Å². The van der Waals surface area contributed by atoms with E-state index in [9.17, 15) is 0 Å². The molecule has 1 aromatic heterocycles. The van der Waals surface area contributed by atoms with E-state index in [2.05, 4.69) is 25.8 Å². The summed E-state index contributed by atoms with van der Waals surface area (Å²) in [6, 6.07) is 0. The molecule has 5 heteroatoms. The summed E-state index contributed by atoms with van der Waals surface area (Å²) in [7, 11) is 0. The molecule has 0 amide bonds. The molecule has 0 N–H and O–H groups in total. The predicted molar refractivity (Wildman–Crippen MR) is 29.5 cm³/mol. The Balaban J connectivity index is 2.85. The van der Waals surface area contributed by atoms with Crippen molar-refractivity contribution < 1.29 is 0 Å². The van der Waals surface area contributed by atoms with E-state index in [1.165, 1.54) is 0 Å². The lowest BCUT2D eigenvalue weighted by Gasteiger charge is -1.95. The van der Waals surface area contributed by atoms with Gasteiger partial charge in [0.15, 0.2) is 5.82 Å². The Morgan fingerprint density at radius 2 is 1.56 bits per heavy atom. The van der Waals surface area contributed by atoms with Crippen molar-refractivity contribution in [3.8, 4) is 0 Å². The summed E-state index contributed by atoms with van der Waals surface area (Å²) in [6.07, 6.45) is 0. The van der Waals surface area contributed by atoms with Crippen molar-refractivity contribution in [2.24, 2.45) is 0 Å². The van der Waals surface area contributed by atoms with Gasteiger partial charge in [0.05, 0.1) is 0 Å². The molecule has 0 aliphatic rings. The standard InChI is InChI=1S/C4H7N5/c1-3(2)4-5-7-9-8-6-4/h3H,1-2H3. The van der Waals surface area contributed by atoms with Crippen LogP contribution in [0.15, 0.2) is 0 Å². The number of aromatic nitrogens is 5. The number of hydrogen-bond donors (Lipinski definition) is 0. The molecule has 0 fully saturated rings. The SMILES string of the molecule is CC(C)c1nnnnn1. The first-order valence-corrected chi connectivity index (χ1v) is 2.69. The quantitative estimate of drug-likeness (QED) is 0.519. The van der Waals surface area contributed by atoms with Gasteiger partial charge >= 0.3 is 0 Å². The van der Waals surface area contributed by atoms with E-state index in [0.29, 0.717) is 5.82 Å². The lowest BCUT2D eigenvalue weighted by molar-refractivity contribution is 0.604. The Hall–Kier alpha value is -1.13. The molecule has 0 unspecified atom stereocenters. The first-order valence-electron chi connectivity index (χ1n) is 2.69. The van der Waals surface area contributed by atoms with Gasteiger partial charge in [-0.1, -0.05) is 13.8 Å². The van der Waals surface area contributed by atoms with Crippen LogP contribution in [0.1, 0.15) is 25.6 Å². The average Bonchev–Trinajstić information content (AvgIpc) is 1.90. The van der Waals surface area contributed by atoms with Crippen LogP contribution >= 0.6 is 0 Å². The van der Waals surface area contributed by atoms with Gasteiger partial charge in [0.1, 0.15) is 0 Å². The Morgan fingerprint density at radius 3 is 1.89 bits per heavy atom. The smallest absolute Gasteiger partial charge is 0.111 e. The topological polar surface area (TPSA) is 64.5 Å². The van der Waals surface area contributed by atoms with Gasteiger partial charge in [-0.25, -0.2) is 0 Å². The predicted octanol–water partition coefficient (Wildman–Crippen LogP) is -0.215. The molecule has 0 spiro atoms. The summed E-state index contributed by atoms with van der Waals surface area (Å²) in [5, 5.41) is 17.2. The minimum Gasteiger partial charge on any atom is -0.111 e. The highest BCUT2D eigenvalue weighted by Crippen LogP contribution is 2.02. The van der Waals surface area contributed by atoms with Crippen LogP contribution in [0.2, 0.25) is 0 Å². The molecule has 0 saturated carbocycles. The summed E-state index contributed by atoms with van der Waals surface area (Å²) < 4.78 is 0. The van der Waals surface area contributed by atoms with E-state index in [0.717, 1.165) is 0 Å². The summed E-state index contributed by atoms with van der Waals surface area (Å²) in [6.45, 7) is 3.94. The first-order chi connectivity index (χ1) is 4.30. The molecule has 0 atom stereocenters. The molecular weight excluding hydrogens is 118 g/mol. The maximum Gasteiger partial charge on any atom is 0.179 e. The zero-order valence-corrected chi connectivity index (χ0v) is 5.31. The monoisotopic (exact) mass is 125 g/mol. The van der Waals surface area contributed by atoms with E-state index in [1.54, 1.807) is 0 Å². The third-order valence-corrected chi connectivity index (χ3v) is 0.891. The Bertz CT molecular complexity index is 172. The molecule has 9 heavy (non-hydrogen) atoms. The van der Waals surface area contributed by atoms with Crippen LogP contribution in [0.3, 0.4) is 0 Å². The third kappa shape index (κ3) is 1.38. The van der Waals surface area contributed by atoms with Crippen LogP contribution in [0.25, 0.3) is 0 Å². The molecule has 48 valence electrons. The van der Waals surface area contributed by atoms with Crippen LogP contribution in [0.4, 0.5) is 0 Å². The normalized spacial score (nSPS) is 10.1. The van der Waals surface area contributed by atoms with Gasteiger partial charge < -0.3 is 0 Å². The zero-order chi connectivity index (χ0) is 6.69. The lowest BCUT2D eigenvalue weighted by Crippen LogP contribution is -2.03. The minimum absolute atomic E-state index is 0.271. The molecular formula is C4H7N5. The van der Waals surface area contributed by atoms with Crippen LogP contribution in [-0.4, -0.2) is 25.8 Å². The lowest BCUT2D eigenvalue weighted by atomic mass is 10.2. The molecule has 1 aromatic rings. The molecule has 1 heterocycles.